The number of hydrogen-bond acceptors (Lipinski definition) is 7. The van der Waals surface area contributed by atoms with Gasteiger partial charge in [0.05, 0.1) is 24.7 Å². The van der Waals surface area contributed by atoms with Crippen LogP contribution in [-0.4, -0.2) is 55.1 Å². The minimum atomic E-state index is -3.68. The van der Waals surface area contributed by atoms with E-state index in [1.54, 1.807) is 12.1 Å². The second-order valence-corrected chi connectivity index (χ2v) is 8.54. The highest BCUT2D eigenvalue weighted by atomic mass is 32.2. The van der Waals surface area contributed by atoms with Crippen molar-refractivity contribution >= 4 is 15.9 Å². The van der Waals surface area contributed by atoms with Crippen LogP contribution in [0.3, 0.4) is 0 Å². The Bertz CT molecular complexity index is 1120. The molecular formula is C20H20N4O5S. The van der Waals surface area contributed by atoms with E-state index in [9.17, 15) is 13.2 Å². The average Bonchev–Trinajstić information content (AvgIpc) is 3.28. The molecule has 0 saturated carbocycles. The van der Waals surface area contributed by atoms with Gasteiger partial charge in [-0.1, -0.05) is 41.6 Å². The number of nitrogens with one attached hydrogen (secondary N) is 1. The van der Waals surface area contributed by atoms with Gasteiger partial charge in [-0.2, -0.15) is 9.29 Å². The molecule has 156 valence electrons. The molecule has 30 heavy (non-hydrogen) atoms. The number of hydrogen-bond donors (Lipinski definition) is 1. The van der Waals surface area contributed by atoms with Crippen molar-refractivity contribution in [3.05, 3.63) is 66.1 Å². The molecule has 1 amide bonds. The van der Waals surface area contributed by atoms with Gasteiger partial charge < -0.3 is 14.6 Å². The van der Waals surface area contributed by atoms with Gasteiger partial charge in [-0.3, -0.25) is 4.79 Å². The molecule has 0 spiro atoms. The Morgan fingerprint density at radius 2 is 1.83 bits per heavy atom. The summed E-state index contributed by atoms with van der Waals surface area (Å²) < 4.78 is 37.3. The number of sulfonamides is 1. The monoisotopic (exact) mass is 428 g/mol. The molecule has 1 saturated heterocycles. The van der Waals surface area contributed by atoms with Crippen LogP contribution in [0.2, 0.25) is 0 Å². The number of carbonyl (C=O) groups excluding carboxylic acids is 1. The zero-order valence-electron chi connectivity index (χ0n) is 16.0. The van der Waals surface area contributed by atoms with E-state index in [0.717, 1.165) is 5.56 Å². The van der Waals surface area contributed by atoms with E-state index >= 15 is 0 Å². The second-order valence-electron chi connectivity index (χ2n) is 6.60. The van der Waals surface area contributed by atoms with Crippen molar-refractivity contribution < 1.29 is 22.5 Å². The van der Waals surface area contributed by atoms with Crippen LogP contribution in [0.5, 0.6) is 0 Å². The maximum absolute atomic E-state index is 12.8. The topological polar surface area (TPSA) is 115 Å². The van der Waals surface area contributed by atoms with Crippen LogP contribution < -0.4 is 5.32 Å². The summed E-state index contributed by atoms with van der Waals surface area (Å²) in [5, 5.41) is 6.58. The molecule has 1 aromatic heterocycles. The standard InChI is InChI=1S/C20H20N4O5S/c25-20(21-14-18-22-19(23-29-18)15-5-2-1-3-6-15)16-7-4-8-17(13-16)30(26,27)24-9-11-28-12-10-24/h1-8,13H,9-12,14H2,(H,21,25). The van der Waals surface area contributed by atoms with Gasteiger partial charge in [-0.25, -0.2) is 8.42 Å². The third-order valence-electron chi connectivity index (χ3n) is 4.60. The van der Waals surface area contributed by atoms with Crippen molar-refractivity contribution in [2.45, 2.75) is 11.4 Å². The molecule has 0 unspecified atom stereocenters. The van der Waals surface area contributed by atoms with Crippen LogP contribution in [0, 0.1) is 0 Å². The van der Waals surface area contributed by atoms with Crippen LogP contribution in [-0.2, 0) is 21.3 Å². The first-order chi connectivity index (χ1) is 14.5. The van der Waals surface area contributed by atoms with Gasteiger partial charge in [0, 0.05) is 24.2 Å². The van der Waals surface area contributed by atoms with Crippen LogP contribution in [0.25, 0.3) is 11.4 Å². The summed E-state index contributed by atoms with van der Waals surface area (Å²) in [5.74, 6) is 0.242. The quantitative estimate of drug-likeness (QED) is 0.635. The Morgan fingerprint density at radius 3 is 2.60 bits per heavy atom. The zero-order chi connectivity index (χ0) is 21.0. The van der Waals surface area contributed by atoms with E-state index in [4.69, 9.17) is 9.26 Å². The normalized spacial score (nSPS) is 15.1. The Balaban J connectivity index is 1.43. The summed E-state index contributed by atoms with van der Waals surface area (Å²) in [6.07, 6.45) is 0. The van der Waals surface area contributed by atoms with Crippen molar-refractivity contribution in [2.75, 3.05) is 26.3 Å². The minimum absolute atomic E-state index is 0.0269. The summed E-state index contributed by atoms with van der Waals surface area (Å²) in [5.41, 5.74) is 1.03. The van der Waals surface area contributed by atoms with Crippen LogP contribution in [0.15, 0.2) is 64.0 Å². The van der Waals surface area contributed by atoms with Crippen molar-refractivity contribution in [2.24, 2.45) is 0 Å². The predicted octanol–water partition coefficient (Wildman–Crippen LogP) is 1.69. The molecule has 0 aliphatic carbocycles. The van der Waals surface area contributed by atoms with Gasteiger partial charge in [0.1, 0.15) is 0 Å². The molecule has 1 fully saturated rings. The number of rotatable bonds is 6. The molecule has 0 atom stereocenters. The zero-order valence-corrected chi connectivity index (χ0v) is 16.8. The Hall–Kier alpha value is -3.08. The molecule has 1 aliphatic rings. The molecule has 0 bridgehead atoms. The summed E-state index contributed by atoms with van der Waals surface area (Å²) in [6, 6.07) is 15.3. The lowest BCUT2D eigenvalue weighted by Crippen LogP contribution is -2.40. The lowest BCUT2D eigenvalue weighted by molar-refractivity contribution is 0.0730. The van der Waals surface area contributed by atoms with Gasteiger partial charge in [0.15, 0.2) is 0 Å². The third kappa shape index (κ3) is 4.40. The minimum Gasteiger partial charge on any atom is -0.379 e. The molecule has 2 heterocycles. The Labute approximate surface area is 173 Å². The van der Waals surface area contributed by atoms with Gasteiger partial charge in [-0.05, 0) is 18.2 Å². The van der Waals surface area contributed by atoms with Gasteiger partial charge >= 0.3 is 0 Å². The van der Waals surface area contributed by atoms with Crippen LogP contribution >= 0.6 is 0 Å². The molecule has 3 aromatic rings. The SMILES string of the molecule is O=C(NCc1nc(-c2ccccc2)no1)c1cccc(S(=O)(=O)N2CCOCC2)c1. The molecule has 1 N–H and O–H groups in total. The smallest absolute Gasteiger partial charge is 0.251 e. The lowest BCUT2D eigenvalue weighted by Gasteiger charge is -2.26. The van der Waals surface area contributed by atoms with E-state index in [1.165, 1.54) is 16.4 Å². The summed E-state index contributed by atoms with van der Waals surface area (Å²) in [6.45, 7) is 1.32. The first-order valence-electron chi connectivity index (χ1n) is 9.38. The van der Waals surface area contributed by atoms with E-state index < -0.39 is 15.9 Å². The van der Waals surface area contributed by atoms with Crippen molar-refractivity contribution in [3.8, 4) is 11.4 Å². The number of carbonyl (C=O) groups is 1. The van der Waals surface area contributed by atoms with Gasteiger partial charge in [0.25, 0.3) is 5.91 Å². The molecule has 10 heteroatoms. The molecule has 1 aliphatic heterocycles. The number of nitrogens with zero attached hydrogens (tertiary/aromatic N) is 3. The Morgan fingerprint density at radius 1 is 1.07 bits per heavy atom. The van der Waals surface area contributed by atoms with Crippen molar-refractivity contribution in [1.82, 2.24) is 19.8 Å². The third-order valence-corrected chi connectivity index (χ3v) is 6.50. The predicted molar refractivity (Wildman–Crippen MR) is 107 cm³/mol. The maximum Gasteiger partial charge on any atom is 0.251 e. The molecular weight excluding hydrogens is 408 g/mol. The van der Waals surface area contributed by atoms with Crippen LogP contribution in [0.1, 0.15) is 16.2 Å². The van der Waals surface area contributed by atoms with E-state index in [0.29, 0.717) is 32.1 Å². The number of benzene rings is 2. The van der Waals surface area contributed by atoms with E-state index in [2.05, 4.69) is 15.5 Å². The van der Waals surface area contributed by atoms with Gasteiger partial charge in [-0.15, -0.1) is 0 Å². The molecule has 0 radical (unpaired) electrons. The lowest BCUT2D eigenvalue weighted by atomic mass is 10.2. The highest BCUT2D eigenvalue weighted by Gasteiger charge is 2.26. The number of aromatic nitrogens is 2. The van der Waals surface area contributed by atoms with E-state index in [1.807, 2.05) is 30.3 Å². The van der Waals surface area contributed by atoms with Crippen molar-refractivity contribution in [3.63, 3.8) is 0 Å². The average molecular weight is 428 g/mol. The maximum atomic E-state index is 12.8. The number of ether oxygens (including phenoxy) is 1. The summed E-state index contributed by atoms with van der Waals surface area (Å²) in [7, 11) is -3.68. The Kier molecular flexibility index (Phi) is 5.88. The molecule has 9 nitrogen and oxygen atoms in total. The van der Waals surface area contributed by atoms with Crippen molar-refractivity contribution in [1.29, 1.82) is 0 Å². The summed E-state index contributed by atoms with van der Waals surface area (Å²) >= 11 is 0. The van der Waals surface area contributed by atoms with E-state index in [-0.39, 0.29) is 22.9 Å². The highest BCUT2D eigenvalue weighted by Crippen LogP contribution is 2.19. The second kappa shape index (κ2) is 8.74. The molecule has 4 rings (SSSR count). The largest absolute Gasteiger partial charge is 0.379 e. The fourth-order valence-corrected chi connectivity index (χ4v) is 4.48. The summed E-state index contributed by atoms with van der Waals surface area (Å²) in [4.78, 5) is 16.8. The first kappa shape index (κ1) is 20.2. The van der Waals surface area contributed by atoms with Crippen LogP contribution in [0.4, 0.5) is 0 Å². The highest BCUT2D eigenvalue weighted by molar-refractivity contribution is 7.89. The molecule has 2 aromatic carbocycles. The number of amides is 1. The van der Waals surface area contributed by atoms with Gasteiger partial charge in [0.2, 0.25) is 21.7 Å². The number of morpholine rings is 1. The first-order valence-corrected chi connectivity index (χ1v) is 10.8. The fraction of sp³-hybridized carbons (Fsp3) is 0.250. The fourth-order valence-electron chi connectivity index (χ4n) is 3.02.